The molecule has 4 aliphatic rings. The van der Waals surface area contributed by atoms with Crippen molar-refractivity contribution in [3.8, 4) is 5.75 Å². The molecule has 0 spiro atoms. The molecule has 22 N–H and O–H groups in total. The number of rotatable bonds is 23. The van der Waals surface area contributed by atoms with E-state index in [2.05, 4.69) is 73.1 Å². The number of nitrogens with two attached hydrogens (primary N) is 3. The van der Waals surface area contributed by atoms with Crippen molar-refractivity contribution in [3.05, 3.63) is 120 Å². The highest BCUT2D eigenvalue weighted by molar-refractivity contribution is 8.00. The maximum atomic E-state index is 15.6. The third-order valence-electron chi connectivity index (χ3n) is 24.2. The normalized spacial score (nSPS) is 25.4. The molecular formula is C89H120N22O21S. The molecule has 6 aromatic rings. The number of carbonyl (C=O) groups is 18. The number of para-hydroxylation sites is 2. The molecule has 718 valence electrons. The van der Waals surface area contributed by atoms with Crippen LogP contribution in [-0.2, 0) is 112 Å². The van der Waals surface area contributed by atoms with Crippen molar-refractivity contribution in [2.75, 3.05) is 58.4 Å². The minimum Gasteiger partial charge on any atom is -0.508 e. The van der Waals surface area contributed by atoms with Crippen molar-refractivity contribution in [3.63, 3.8) is 0 Å². The van der Waals surface area contributed by atoms with Crippen LogP contribution in [0.4, 0.5) is 0 Å². The van der Waals surface area contributed by atoms with Gasteiger partial charge in [0.25, 0.3) is 0 Å². The van der Waals surface area contributed by atoms with Crippen molar-refractivity contribution in [1.82, 2.24) is 97.6 Å². The molecule has 0 saturated carbocycles. The number of hydrogen-bond donors (Lipinski definition) is 19. The minimum absolute atomic E-state index is 0.00509. The Kier molecular flexibility index (Phi) is 36.7. The molecule has 7 heterocycles. The highest BCUT2D eigenvalue weighted by Crippen LogP contribution is 2.29. The Bertz CT molecular complexity index is 5210. The number of carbonyl (C=O) groups excluding carboxylic acids is 18. The van der Waals surface area contributed by atoms with Gasteiger partial charge in [-0.2, -0.15) is 0 Å². The van der Waals surface area contributed by atoms with Crippen LogP contribution in [0.25, 0.3) is 21.8 Å². The van der Waals surface area contributed by atoms with Crippen LogP contribution in [0.3, 0.4) is 0 Å². The molecule has 0 unspecified atom stereocenters. The highest BCUT2D eigenvalue weighted by atomic mass is 32.2. The topological polar surface area (TPSA) is 643 Å². The number of piperidine rings is 1. The van der Waals surface area contributed by atoms with Crippen LogP contribution >= 0.6 is 11.8 Å². The van der Waals surface area contributed by atoms with E-state index in [0.29, 0.717) is 77.0 Å². The van der Waals surface area contributed by atoms with Crippen molar-refractivity contribution in [2.24, 2.45) is 17.2 Å². The minimum atomic E-state index is -1.91. The van der Waals surface area contributed by atoms with Crippen molar-refractivity contribution < 1.29 is 102 Å². The summed E-state index contributed by atoms with van der Waals surface area (Å²) < 4.78 is 0. The fourth-order valence-electron chi connectivity index (χ4n) is 17.0. The molecule has 4 fully saturated rings. The summed E-state index contributed by atoms with van der Waals surface area (Å²) in [5, 5.41) is 60.2. The third-order valence-corrected chi connectivity index (χ3v) is 25.2. The van der Waals surface area contributed by atoms with Crippen LogP contribution in [-0.4, -0.2) is 315 Å². The van der Waals surface area contributed by atoms with Crippen LogP contribution in [0.1, 0.15) is 139 Å². The number of aromatic nitrogens is 4. The Morgan fingerprint density at radius 3 is 1.63 bits per heavy atom. The first-order valence-corrected chi connectivity index (χ1v) is 45.7. The SMILES string of the molecule is CCCC[C@H]1C(=O)N(C)[C@@H](CCCC)C(=O)N[C@@H](C)C(=O)N[C@H](C(=O)NCC(N)=O)CSCC(=O)N[C@@H](Cc2ccc(O)cc2)C(=O)N2CCCC[C@H]2C(=O)N[C@@H](CC(N)=O)C(=O)N2CCC[C@H]2C(=O)N[C@@H](Cc2cnc[nH]2)C(=O)N[C@@H](CCC(N)=O)C(=O)N2C[C@H](O)C[C@H]2C(=O)N[C@@H](Cc2c[nH]c3ccccc23)C(=O)N[C@@H](CO)C(=O)N[C@@H](Cc2c[nH]c3ccccc23)C(=O)N1C. The summed E-state index contributed by atoms with van der Waals surface area (Å²) in [6, 6.07) is -2.41. The maximum Gasteiger partial charge on any atom is 0.246 e. The lowest BCUT2D eigenvalue weighted by molar-refractivity contribution is -0.149. The summed E-state index contributed by atoms with van der Waals surface area (Å²) in [7, 11) is 2.69. The average molecular weight is 1870 g/mol. The Morgan fingerprint density at radius 2 is 1.04 bits per heavy atom. The number of nitrogens with one attached hydrogen (secondary N) is 13. The predicted molar refractivity (Wildman–Crippen MR) is 482 cm³/mol. The number of benzene rings is 3. The second-order valence-electron chi connectivity index (χ2n) is 34.0. The van der Waals surface area contributed by atoms with Crippen LogP contribution in [0.2, 0.25) is 0 Å². The second-order valence-corrected chi connectivity index (χ2v) is 35.0. The first-order valence-electron chi connectivity index (χ1n) is 44.6. The second kappa shape index (κ2) is 48.0. The van der Waals surface area contributed by atoms with E-state index < -0.39 is 254 Å². The van der Waals surface area contributed by atoms with Crippen LogP contribution in [0.5, 0.6) is 5.75 Å². The molecule has 3 aromatic heterocycles. The molecule has 0 bridgehead atoms. The highest BCUT2D eigenvalue weighted by Gasteiger charge is 2.47. The zero-order chi connectivity index (χ0) is 96.4. The van der Waals surface area contributed by atoms with Gasteiger partial charge in [-0.25, -0.2) is 4.98 Å². The molecular weight excluding hydrogens is 1750 g/mol. The van der Waals surface area contributed by atoms with Gasteiger partial charge in [0.2, 0.25) is 106 Å². The number of aromatic hydroxyl groups is 1. The van der Waals surface area contributed by atoms with Gasteiger partial charge >= 0.3 is 0 Å². The number of imidazole rings is 1. The molecule has 43 nitrogen and oxygen atoms in total. The van der Waals surface area contributed by atoms with Crippen molar-refractivity contribution in [1.29, 1.82) is 0 Å². The van der Waals surface area contributed by atoms with E-state index in [1.807, 2.05) is 13.8 Å². The van der Waals surface area contributed by atoms with Crippen LogP contribution < -0.4 is 70.4 Å². The Hall–Kier alpha value is -13.5. The average Bonchev–Trinajstić information content (AvgIpc) is 1.64. The number of unbranched alkanes of at least 4 members (excludes halogenated alkanes) is 2. The van der Waals surface area contributed by atoms with Gasteiger partial charge in [0.15, 0.2) is 0 Å². The van der Waals surface area contributed by atoms with Gasteiger partial charge in [-0.1, -0.05) is 88.1 Å². The number of aromatic amines is 3. The first kappa shape index (κ1) is 102. The van der Waals surface area contributed by atoms with E-state index in [9.17, 15) is 58.5 Å². The number of amides is 18. The van der Waals surface area contributed by atoms with Crippen LogP contribution in [0, 0.1) is 0 Å². The van der Waals surface area contributed by atoms with E-state index in [1.54, 1.807) is 60.9 Å². The molecule has 10 rings (SSSR count). The summed E-state index contributed by atoms with van der Waals surface area (Å²) in [4.78, 5) is 281. The Labute approximate surface area is 770 Å². The largest absolute Gasteiger partial charge is 0.508 e. The molecule has 3 aromatic carbocycles. The van der Waals surface area contributed by atoms with E-state index in [-0.39, 0.29) is 82.3 Å². The number of hydrogen-bond acceptors (Lipinski definition) is 23. The van der Waals surface area contributed by atoms with E-state index in [4.69, 9.17) is 17.2 Å². The molecule has 4 aliphatic heterocycles. The third kappa shape index (κ3) is 27.3. The molecule has 133 heavy (non-hydrogen) atoms. The number of aliphatic hydroxyl groups is 2. The summed E-state index contributed by atoms with van der Waals surface area (Å²) in [6.45, 7) is 2.38. The van der Waals surface area contributed by atoms with Gasteiger partial charge in [0.05, 0.1) is 37.8 Å². The van der Waals surface area contributed by atoms with Crippen molar-refractivity contribution >= 4 is 140 Å². The maximum absolute atomic E-state index is 15.6. The Morgan fingerprint density at radius 1 is 0.511 bits per heavy atom. The van der Waals surface area contributed by atoms with Gasteiger partial charge in [-0.05, 0) is 99.2 Å². The van der Waals surface area contributed by atoms with Gasteiger partial charge in [-0.3, -0.25) is 86.3 Å². The number of nitrogens with zero attached hydrogens (tertiary/aromatic N) is 6. The quantitative estimate of drug-likeness (QED) is 0.0297. The van der Waals surface area contributed by atoms with Gasteiger partial charge in [0.1, 0.15) is 90.3 Å². The lowest BCUT2D eigenvalue weighted by Gasteiger charge is -2.38. The van der Waals surface area contributed by atoms with E-state index in [1.165, 1.54) is 62.7 Å². The summed E-state index contributed by atoms with van der Waals surface area (Å²) in [6.07, 6.45) is 3.28. The number of thioether (sulfide) groups is 1. The van der Waals surface area contributed by atoms with E-state index >= 15 is 43.2 Å². The number of primary amides is 3. The fourth-order valence-corrected chi connectivity index (χ4v) is 17.9. The monoisotopic (exact) mass is 1860 g/mol. The number of phenols is 1. The number of phenolic OH excluding ortho intramolecular Hbond substituents is 1. The molecule has 0 radical (unpaired) electrons. The molecule has 0 aliphatic carbocycles. The van der Waals surface area contributed by atoms with Crippen LogP contribution in [0.15, 0.2) is 97.7 Å². The first-order chi connectivity index (χ1) is 63.6. The molecule has 4 saturated heterocycles. The van der Waals surface area contributed by atoms with Gasteiger partial charge in [-0.15, -0.1) is 11.8 Å². The lowest BCUT2D eigenvalue weighted by atomic mass is 9.97. The number of aliphatic hydroxyl groups excluding tert-OH is 2. The summed E-state index contributed by atoms with van der Waals surface area (Å²) in [5.74, 6) is -18.2. The van der Waals surface area contributed by atoms with Gasteiger partial charge in [0, 0.05) is 124 Å². The molecule has 15 atom stereocenters. The predicted octanol–water partition coefficient (Wildman–Crippen LogP) is -3.42. The standard InChI is InChI=1S/C89H120N22O21S/c1-6-8-21-67-81(124)98-48(3)76(119)106-66(77(120)96-42-74(92)117)45-133-46-75(118)99-62(33-49-25-27-53(113)28-26-49)87(130)109-31-15-14-23-68(109)83(126)104-64(38-73(91)116)88(131)110-32-16-24-69(110)82(125)102-61(36-52-41-93-47-97-52)79(122)100-59(29-30-72(90)115)86(129)111-43-54(114)37-71(111)84(127)101-60(34-50-39-94-57-19-12-10-17-55(50)57)78(121)105-65(44-112)80(123)103-63(35-51-40-95-58-20-13-11-18-56(51)58)85(128)108(5)70(22-9-7-2)89(132)107(67)4/h10-13,17-20,25-28,39-41,47-48,54,59-71,94-95,112-114H,6-9,14-16,21-24,29-38,42-46H2,1-5H3,(H2,90,115)(H2,91,116)(H2,92,117)(H,93,97)(H,96,120)(H,98,124)(H,99,118)(H,100,122)(H,101,127)(H,102,125)(H,103,123)(H,104,126)(H,105,121)(H,106,119)/t48-,54+,59-,60-,61-,62-,63-,64-,65-,66-,67-,68-,69-,70-,71-/m0/s1. The Balaban J connectivity index is 1.01. The number of fused-ring (bicyclic) bond motifs is 5. The number of likely N-dealkylation sites (N-methyl/N-ethyl adjacent to an activating group) is 2. The summed E-state index contributed by atoms with van der Waals surface area (Å²) in [5.41, 5.74) is 19.7. The smallest absolute Gasteiger partial charge is 0.246 e. The van der Waals surface area contributed by atoms with Gasteiger partial charge < -0.3 is 125 Å². The molecule has 44 heteroatoms. The molecule has 18 amide bonds. The summed E-state index contributed by atoms with van der Waals surface area (Å²) >= 11 is 0.792. The zero-order valence-corrected chi connectivity index (χ0v) is 75.6. The van der Waals surface area contributed by atoms with Crippen molar-refractivity contribution in [2.45, 2.75) is 233 Å². The lowest BCUT2D eigenvalue weighted by Crippen LogP contribution is -2.62. The fraction of sp³-hybridized carbons (Fsp3) is 0.517. The van der Waals surface area contributed by atoms with E-state index in [0.717, 1.165) is 31.4 Å². The number of H-pyrrole nitrogens is 3. The zero-order valence-electron chi connectivity index (χ0n) is 74.8.